The number of nitrogens with two attached hydrogens (primary N) is 6. The van der Waals surface area contributed by atoms with E-state index < -0.39 is 263 Å². The van der Waals surface area contributed by atoms with Gasteiger partial charge in [0.15, 0.2) is 39.4 Å². The first-order chi connectivity index (χ1) is 62.9. The van der Waals surface area contributed by atoms with Gasteiger partial charge in [0.1, 0.15) is 105 Å². The van der Waals surface area contributed by atoms with E-state index in [1.54, 1.807) is 0 Å². The summed E-state index contributed by atoms with van der Waals surface area (Å²) in [5.74, 6) is -1.99. The molecule has 133 heavy (non-hydrogen) atoms. The van der Waals surface area contributed by atoms with Crippen LogP contribution in [0.15, 0.2) is 96.4 Å². The Kier molecular flexibility index (Phi) is 25.0. The molecule has 68 heteroatoms. The largest absolute Gasteiger partial charge is 0.472 e. The van der Waals surface area contributed by atoms with Gasteiger partial charge in [-0.15, -0.1) is 0 Å². The second-order valence-electron chi connectivity index (χ2n) is 30.9. The van der Waals surface area contributed by atoms with E-state index in [-0.39, 0.29) is 108 Å². The van der Waals surface area contributed by atoms with Gasteiger partial charge in [0.25, 0.3) is 33.4 Å². The number of hydrogen-bond donors (Lipinski definition) is 20. The van der Waals surface area contributed by atoms with Crippen LogP contribution in [0.3, 0.4) is 0 Å². The highest BCUT2D eigenvalue weighted by atomic mass is 31.2. The van der Waals surface area contributed by atoms with Crippen molar-refractivity contribution in [2.75, 3.05) is 74.0 Å². The lowest BCUT2D eigenvalue weighted by Crippen LogP contribution is -2.32. The number of nitrogens with zero attached hydrogens (tertiary/aromatic N) is 13. The number of fused-ring (bicyclic) bond motifs is 6. The first-order valence-electron chi connectivity index (χ1n) is 39.5. The van der Waals surface area contributed by atoms with Gasteiger partial charge in [-0.1, -0.05) is 0 Å². The maximum Gasteiger partial charge on any atom is 0.472 e. The number of rotatable bonds is 34. The number of nitrogen functional groups attached to an aromatic ring is 6. The Bertz CT molecular complexity index is 7230. The molecule has 0 saturated carbocycles. The molecular formula is C65H79N25O37P6. The fourth-order valence-electron chi connectivity index (χ4n) is 16.3. The zero-order chi connectivity index (χ0) is 94.2. The molecule has 5 unspecified atom stereocenters. The van der Waals surface area contributed by atoms with Gasteiger partial charge in [0, 0.05) is 69.5 Å². The molecule has 0 bridgehead atoms. The van der Waals surface area contributed by atoms with Gasteiger partial charge in [-0.25, -0.2) is 32.4 Å². The summed E-state index contributed by atoms with van der Waals surface area (Å²) >= 11 is 0. The number of ether oxygens (including phenoxy) is 6. The minimum Gasteiger partial charge on any atom is -0.390 e. The predicted molar refractivity (Wildman–Crippen MR) is 445 cm³/mol. The van der Waals surface area contributed by atoms with Crippen LogP contribution >= 0.6 is 46.9 Å². The predicted octanol–water partition coefficient (Wildman–Crippen LogP) is -0.990. The van der Waals surface area contributed by atoms with Crippen molar-refractivity contribution in [3.8, 4) is 0 Å². The minimum absolute atomic E-state index is 0.00447. The second-order valence-corrected chi connectivity index (χ2v) is 39.2. The van der Waals surface area contributed by atoms with Crippen molar-refractivity contribution in [3.63, 3.8) is 0 Å². The highest BCUT2D eigenvalue weighted by Gasteiger charge is 2.52. The molecule has 12 aromatic rings. The molecule has 0 radical (unpaired) electrons. The Morgan fingerprint density at radius 3 is 0.789 bits per heavy atom. The number of nitrogens with one attached hydrogen (secondary N) is 6. The fourth-order valence-corrected chi connectivity index (χ4v) is 21.5. The van der Waals surface area contributed by atoms with Crippen molar-refractivity contribution in [1.29, 1.82) is 0 Å². The van der Waals surface area contributed by atoms with Gasteiger partial charge in [-0.05, 0) is 30.3 Å². The SMILES string of the molecule is Nc1nc2c(ccn2[C@H]2C[C@H](OP(=O)(O)OC[C@H]3O[C@@H](n4ccc5c(=O)[nH]c(N)nc54)C[C@@H]3OP(=O)(O)OC[C@H]3O[C@@H](n4ccc5c(=O)[nH]c(N)nc54)C[C@@H]3OP(=O)(O)OC[C@H]3O[C@@H](n4ccc5c(=O)[nH]c(N)nc54)C[C@@H]3OP(=O)(O)OC[C@H]3O[C@@H](n4ccc5c(=O)[nH]c(N)nc54)C[C@@H]3OP(=O)(O)OC[C@H]3O[C@@H](n4cnc5c(=O)[nH]c(N)nc54)C[C@@H]3O)[C@@H](COP(=O)(O)O)O2)c(=O)[nH]1. The fraction of sp³-hybridized carbons (Fsp3) is 0.462. The number of aromatic nitrogens is 19. The van der Waals surface area contributed by atoms with E-state index in [2.05, 4.69) is 69.3 Å². The molecule has 0 aromatic carbocycles. The molecule has 23 atom stereocenters. The van der Waals surface area contributed by atoms with Gasteiger partial charge in [0.05, 0.1) is 79.0 Å². The Hall–Kier alpha value is -10.4. The molecule has 0 spiro atoms. The van der Waals surface area contributed by atoms with E-state index in [9.17, 15) is 95.5 Å². The average Bonchev–Trinajstić information content (AvgIpc) is 1.66. The zero-order valence-corrected chi connectivity index (χ0v) is 73.0. The summed E-state index contributed by atoms with van der Waals surface area (Å²) < 4.78 is 189. The number of aromatic amines is 6. The quantitative estimate of drug-likeness (QED) is 0.0215. The van der Waals surface area contributed by atoms with E-state index >= 15 is 0 Å². The number of aliphatic hydroxyl groups excluding tert-OH is 1. The third-order valence-corrected chi connectivity index (χ3v) is 27.7. The first-order valence-corrected chi connectivity index (χ1v) is 48.5. The third kappa shape index (κ3) is 19.8. The maximum atomic E-state index is 14.7. The monoisotopic (exact) mass is 1990 g/mol. The lowest BCUT2D eigenvalue weighted by Gasteiger charge is -2.26. The molecule has 18 heterocycles. The maximum absolute atomic E-state index is 14.7. The van der Waals surface area contributed by atoms with E-state index in [0.29, 0.717) is 0 Å². The summed E-state index contributed by atoms with van der Waals surface area (Å²) in [7, 11) is -33.1. The van der Waals surface area contributed by atoms with Crippen LogP contribution in [-0.2, 0) is 106 Å². The smallest absolute Gasteiger partial charge is 0.390 e. The number of H-pyrrole nitrogens is 6. The highest BCUT2D eigenvalue weighted by molar-refractivity contribution is 7.48. The summed E-state index contributed by atoms with van der Waals surface area (Å²) in [5.41, 5.74) is 30.6. The van der Waals surface area contributed by atoms with Crippen molar-refractivity contribution < 1.29 is 145 Å². The summed E-state index contributed by atoms with van der Waals surface area (Å²) in [6, 6.07) is 6.63. The van der Waals surface area contributed by atoms with Crippen molar-refractivity contribution in [3.05, 3.63) is 130 Å². The van der Waals surface area contributed by atoms with Gasteiger partial charge in [-0.2, -0.15) is 29.9 Å². The molecule has 62 nitrogen and oxygen atoms in total. The molecule has 6 fully saturated rings. The summed E-state index contributed by atoms with van der Waals surface area (Å²) in [6.07, 6.45) is -22.3. The summed E-state index contributed by atoms with van der Waals surface area (Å²) in [4.78, 5) is 198. The molecule has 6 aliphatic heterocycles. The molecule has 6 aliphatic rings. The molecule has 26 N–H and O–H groups in total. The van der Waals surface area contributed by atoms with Crippen LogP contribution in [0.5, 0.6) is 0 Å². The lowest BCUT2D eigenvalue weighted by atomic mass is 10.2. The van der Waals surface area contributed by atoms with Crippen LogP contribution in [0.25, 0.3) is 66.3 Å². The van der Waals surface area contributed by atoms with Crippen LogP contribution in [0, 0.1) is 0 Å². The number of phosphoric ester groups is 6. The lowest BCUT2D eigenvalue weighted by molar-refractivity contribution is -0.0637. The minimum atomic E-state index is -5.69. The topological polar surface area (TPSA) is 894 Å². The number of anilines is 6. The third-order valence-electron chi connectivity index (χ3n) is 22.2. The van der Waals surface area contributed by atoms with Gasteiger partial charge < -0.3 is 125 Å². The second kappa shape index (κ2) is 35.7. The molecular weight excluding hydrogens is 1910 g/mol. The van der Waals surface area contributed by atoms with Gasteiger partial charge >= 0.3 is 46.9 Å². The highest BCUT2D eigenvalue weighted by Crippen LogP contribution is 2.57. The number of hydrogen-bond acceptors (Lipinski definition) is 43. The average molecular weight is 1990 g/mol. The Morgan fingerprint density at radius 2 is 0.534 bits per heavy atom. The Labute approximate surface area is 736 Å². The molecule has 18 rings (SSSR count). The van der Waals surface area contributed by atoms with Crippen molar-refractivity contribution in [2.24, 2.45) is 0 Å². The van der Waals surface area contributed by atoms with E-state index in [1.165, 1.54) is 95.0 Å². The number of phosphoric acid groups is 6. The van der Waals surface area contributed by atoms with Crippen LogP contribution in [0.2, 0.25) is 0 Å². The van der Waals surface area contributed by atoms with Crippen molar-refractivity contribution in [1.82, 2.24) is 92.2 Å². The normalized spacial score (nSPS) is 28.2. The standard InChI is InChI=1S/C65H79N25O37P6/c66-60-73-48-24(54(92)79-60)1-6-85(48)42-12-30(36(118-42)18-111-128(98,99)100)123-130(103,104)113-20-38-32(14-44(120-38)87-8-3-26-50(87)75-62(68)81-56(26)94)125-132(107,108)115-22-40-34(16-46(122-40)89-10-5-28-52(89)77-64(70)83-58(28)96)127-133(109,110)116-21-39-33(15-45(121-39)88-9-4-27-51(88)76-63(69)82-57(27)95)126-131(105,106)114-19-37-31(13-43(119-37)86-7-2-25-49(86)74-61(67)80-55(25)93)124-129(101,102)112-17-35-29(91)11-41(117-35)90-23-72-47-53(90)78-65(71)84-59(47)97/h1-10,23,29-46,91H,11-22H2,(H,101,102)(H,103,104)(H,105,106)(H,107,108)(H,109,110)(H2,98,99,100)(H3,66,73,79,92)(H3,67,74,80,93)(H3,68,75,81,94)(H3,69,76,82,95)(H3,70,77,83,96)(H3,71,78,84,97)/t29-,30-,31-,32-,33-,34-,35+,36+,37+,38+,39+,40+,41+,42+,43+,44+,45+,46+/m0/s1. The van der Waals surface area contributed by atoms with Gasteiger partial charge in [-0.3, -0.25) is 113 Å². The number of aliphatic hydroxyl groups is 1. The van der Waals surface area contributed by atoms with Crippen molar-refractivity contribution >= 4 is 149 Å². The van der Waals surface area contributed by atoms with Gasteiger partial charge in [0.2, 0.25) is 35.7 Å². The Morgan fingerprint density at radius 1 is 0.316 bits per heavy atom. The van der Waals surface area contributed by atoms with Crippen LogP contribution in [0.1, 0.15) is 75.9 Å². The van der Waals surface area contributed by atoms with Crippen LogP contribution in [0.4, 0.5) is 35.7 Å². The Balaban J connectivity index is 0.576. The molecule has 716 valence electrons. The molecule has 0 amide bonds. The van der Waals surface area contributed by atoms with E-state index in [0.717, 1.165) is 0 Å². The van der Waals surface area contributed by atoms with Crippen molar-refractivity contribution in [2.45, 2.75) is 149 Å². The number of imidazole rings is 1. The summed E-state index contributed by atoms with van der Waals surface area (Å²) in [6.45, 7) is -6.17. The van der Waals surface area contributed by atoms with E-state index in [4.69, 9.17) is 108 Å². The first kappa shape index (κ1) is 93.1. The van der Waals surface area contributed by atoms with Crippen LogP contribution < -0.4 is 67.8 Å². The molecule has 12 aromatic heterocycles. The summed E-state index contributed by atoms with van der Waals surface area (Å²) in [5, 5.41) is 11.0. The molecule has 6 saturated heterocycles. The zero-order valence-electron chi connectivity index (χ0n) is 67.6. The molecule has 0 aliphatic carbocycles. The van der Waals surface area contributed by atoms with Crippen LogP contribution in [-0.4, -0.2) is 244 Å². The van der Waals surface area contributed by atoms with E-state index in [1.807, 2.05) is 0 Å².